The van der Waals surface area contributed by atoms with Gasteiger partial charge in [0.1, 0.15) is 0 Å². The fraction of sp³-hybridized carbons (Fsp3) is 0.700. The Morgan fingerprint density at radius 1 is 1.50 bits per heavy atom. The Kier molecular flexibility index (Phi) is 3.04. The molecule has 18 heavy (non-hydrogen) atoms. The second-order valence-corrected chi connectivity index (χ2v) is 4.58. The van der Waals surface area contributed by atoms with Crippen LogP contribution in [0.25, 0.3) is 0 Å². The molecule has 0 aromatic carbocycles. The molecule has 1 N–H and O–H groups in total. The lowest BCUT2D eigenvalue weighted by molar-refractivity contribution is -0.146. The molecule has 0 aliphatic heterocycles. The zero-order valence-corrected chi connectivity index (χ0v) is 9.67. The first-order chi connectivity index (χ1) is 8.31. The number of hydrogen-bond acceptors (Lipinski definition) is 4. The SMILES string of the molecule is CC1(C(=O)NCCc2nc(C(F)(F)F)no2)CC1. The van der Waals surface area contributed by atoms with Crippen LogP contribution in [0.4, 0.5) is 13.2 Å². The summed E-state index contributed by atoms with van der Waals surface area (Å²) in [7, 11) is 0. The predicted molar refractivity (Wildman–Crippen MR) is 53.4 cm³/mol. The maximum Gasteiger partial charge on any atom is 0.455 e. The summed E-state index contributed by atoms with van der Waals surface area (Å²) < 4.78 is 40.9. The average Bonchev–Trinajstić information content (AvgIpc) is 2.84. The van der Waals surface area contributed by atoms with Crippen LogP contribution in [0.1, 0.15) is 31.5 Å². The number of nitrogens with zero attached hydrogens (tertiary/aromatic N) is 2. The van der Waals surface area contributed by atoms with Crippen LogP contribution in [0.2, 0.25) is 0 Å². The summed E-state index contributed by atoms with van der Waals surface area (Å²) in [5, 5.41) is 5.46. The van der Waals surface area contributed by atoms with E-state index in [1.165, 1.54) is 0 Å². The average molecular weight is 263 g/mol. The minimum absolute atomic E-state index is 0.0851. The quantitative estimate of drug-likeness (QED) is 0.894. The Hall–Kier alpha value is -1.60. The van der Waals surface area contributed by atoms with Crippen molar-refractivity contribution in [3.63, 3.8) is 0 Å². The van der Waals surface area contributed by atoms with Crippen LogP contribution in [0, 0.1) is 5.41 Å². The van der Waals surface area contributed by atoms with Crippen LogP contribution in [-0.4, -0.2) is 22.6 Å². The molecule has 5 nitrogen and oxygen atoms in total. The zero-order valence-electron chi connectivity index (χ0n) is 9.67. The van der Waals surface area contributed by atoms with E-state index in [2.05, 4.69) is 20.0 Å². The van der Waals surface area contributed by atoms with E-state index in [-0.39, 0.29) is 30.2 Å². The molecule has 8 heteroatoms. The van der Waals surface area contributed by atoms with Crippen LogP contribution in [-0.2, 0) is 17.4 Å². The molecule has 0 unspecified atom stereocenters. The third-order valence-corrected chi connectivity index (χ3v) is 2.89. The first-order valence-electron chi connectivity index (χ1n) is 5.49. The van der Waals surface area contributed by atoms with Crippen LogP contribution >= 0.6 is 0 Å². The molecule has 1 saturated carbocycles. The molecule has 0 spiro atoms. The van der Waals surface area contributed by atoms with E-state index in [4.69, 9.17) is 0 Å². The van der Waals surface area contributed by atoms with Gasteiger partial charge in [-0.1, -0.05) is 12.1 Å². The molecule has 1 amide bonds. The number of amides is 1. The van der Waals surface area contributed by atoms with Gasteiger partial charge < -0.3 is 9.84 Å². The van der Waals surface area contributed by atoms with Gasteiger partial charge in [-0.15, -0.1) is 0 Å². The smallest absolute Gasteiger partial charge is 0.355 e. The van der Waals surface area contributed by atoms with E-state index in [0.29, 0.717) is 0 Å². The van der Waals surface area contributed by atoms with Gasteiger partial charge in [-0.05, 0) is 12.8 Å². The predicted octanol–water partition coefficient (Wildman–Crippen LogP) is 1.55. The van der Waals surface area contributed by atoms with Crippen molar-refractivity contribution in [1.82, 2.24) is 15.5 Å². The molecule has 1 aliphatic rings. The van der Waals surface area contributed by atoms with Crippen molar-refractivity contribution in [2.24, 2.45) is 5.41 Å². The molecule has 1 aromatic heterocycles. The lowest BCUT2D eigenvalue weighted by Gasteiger charge is -2.08. The third-order valence-electron chi connectivity index (χ3n) is 2.89. The number of hydrogen-bond donors (Lipinski definition) is 1. The normalized spacial score (nSPS) is 17.6. The number of carbonyl (C=O) groups is 1. The highest BCUT2D eigenvalue weighted by Crippen LogP contribution is 2.44. The second kappa shape index (κ2) is 4.25. The molecule has 1 fully saturated rings. The largest absolute Gasteiger partial charge is 0.455 e. The maximum atomic E-state index is 12.2. The van der Waals surface area contributed by atoms with Gasteiger partial charge in [0.25, 0.3) is 5.82 Å². The van der Waals surface area contributed by atoms with Crippen LogP contribution in [0.5, 0.6) is 0 Å². The first kappa shape index (κ1) is 12.8. The van der Waals surface area contributed by atoms with Crippen molar-refractivity contribution in [2.45, 2.75) is 32.4 Å². The van der Waals surface area contributed by atoms with Crippen molar-refractivity contribution < 1.29 is 22.5 Å². The summed E-state index contributed by atoms with van der Waals surface area (Å²) >= 11 is 0. The van der Waals surface area contributed by atoms with E-state index < -0.39 is 12.0 Å². The molecule has 100 valence electrons. The lowest BCUT2D eigenvalue weighted by Crippen LogP contribution is -2.31. The highest BCUT2D eigenvalue weighted by atomic mass is 19.4. The molecule has 0 radical (unpaired) electrons. The summed E-state index contributed by atoms with van der Waals surface area (Å²) in [4.78, 5) is 14.7. The van der Waals surface area contributed by atoms with Crippen molar-refractivity contribution in [3.05, 3.63) is 11.7 Å². The number of aromatic nitrogens is 2. The monoisotopic (exact) mass is 263 g/mol. The van der Waals surface area contributed by atoms with Gasteiger partial charge in [0.15, 0.2) is 0 Å². The standard InChI is InChI=1S/C10H12F3N3O2/c1-9(3-4-9)8(17)14-5-2-6-15-7(16-18-6)10(11,12)13/h2-5H2,1H3,(H,14,17). The summed E-state index contributed by atoms with van der Waals surface area (Å²) in [6.45, 7) is 2.03. The topological polar surface area (TPSA) is 68.0 Å². The van der Waals surface area contributed by atoms with Crippen LogP contribution in [0.3, 0.4) is 0 Å². The van der Waals surface area contributed by atoms with Crippen LogP contribution in [0.15, 0.2) is 4.52 Å². The van der Waals surface area contributed by atoms with E-state index in [0.717, 1.165) is 12.8 Å². The molecular weight excluding hydrogens is 251 g/mol. The van der Waals surface area contributed by atoms with Gasteiger partial charge in [-0.2, -0.15) is 18.2 Å². The van der Waals surface area contributed by atoms with Crippen molar-refractivity contribution >= 4 is 5.91 Å². The third kappa shape index (κ3) is 2.80. The molecule has 1 aromatic rings. The number of carbonyl (C=O) groups excluding carboxylic acids is 1. The van der Waals surface area contributed by atoms with Gasteiger partial charge in [-0.25, -0.2) is 0 Å². The molecule has 0 saturated heterocycles. The Morgan fingerprint density at radius 3 is 2.67 bits per heavy atom. The fourth-order valence-corrected chi connectivity index (χ4v) is 1.38. The van der Waals surface area contributed by atoms with E-state index in [9.17, 15) is 18.0 Å². The van der Waals surface area contributed by atoms with Crippen molar-refractivity contribution in [1.29, 1.82) is 0 Å². The summed E-state index contributed by atoms with van der Waals surface area (Å²) in [5.74, 6) is -1.51. The van der Waals surface area contributed by atoms with Gasteiger partial charge in [0, 0.05) is 18.4 Å². The van der Waals surface area contributed by atoms with Gasteiger partial charge in [-0.3, -0.25) is 4.79 Å². The van der Waals surface area contributed by atoms with Crippen LogP contribution < -0.4 is 5.32 Å². The number of alkyl halides is 3. The molecule has 1 aliphatic carbocycles. The highest BCUT2D eigenvalue weighted by Gasteiger charge is 2.44. The number of nitrogens with one attached hydrogen (secondary N) is 1. The van der Waals surface area contributed by atoms with Crippen molar-refractivity contribution in [3.8, 4) is 0 Å². The maximum absolute atomic E-state index is 12.2. The van der Waals surface area contributed by atoms with Gasteiger partial charge in [0.05, 0.1) is 0 Å². The fourth-order valence-electron chi connectivity index (χ4n) is 1.38. The molecule has 1 heterocycles. The van der Waals surface area contributed by atoms with E-state index >= 15 is 0 Å². The molecular formula is C10H12F3N3O2. The number of rotatable bonds is 4. The number of halogens is 3. The minimum Gasteiger partial charge on any atom is -0.355 e. The Morgan fingerprint density at radius 2 is 2.17 bits per heavy atom. The molecule has 0 bridgehead atoms. The highest BCUT2D eigenvalue weighted by molar-refractivity contribution is 5.84. The lowest BCUT2D eigenvalue weighted by atomic mass is 10.1. The minimum atomic E-state index is -4.60. The first-order valence-corrected chi connectivity index (χ1v) is 5.49. The molecule has 2 rings (SSSR count). The summed E-state index contributed by atoms with van der Waals surface area (Å²) in [6, 6.07) is 0. The van der Waals surface area contributed by atoms with E-state index in [1.807, 2.05) is 6.92 Å². The van der Waals surface area contributed by atoms with Crippen molar-refractivity contribution in [2.75, 3.05) is 6.54 Å². The summed E-state index contributed by atoms with van der Waals surface area (Å²) in [5.41, 5.74) is -0.300. The van der Waals surface area contributed by atoms with Gasteiger partial charge in [0.2, 0.25) is 11.8 Å². The summed E-state index contributed by atoms with van der Waals surface area (Å²) in [6.07, 6.45) is -2.83. The Bertz CT molecular complexity index is 451. The molecule has 0 atom stereocenters. The Labute approximate surface area is 101 Å². The zero-order chi connectivity index (χ0) is 13.4. The van der Waals surface area contributed by atoms with Gasteiger partial charge >= 0.3 is 6.18 Å². The second-order valence-electron chi connectivity index (χ2n) is 4.58. The van der Waals surface area contributed by atoms with E-state index in [1.54, 1.807) is 0 Å². The Balaban J connectivity index is 1.80.